The van der Waals surface area contributed by atoms with E-state index in [1.807, 2.05) is 36.4 Å². The molecule has 8 heteroatoms. The topological polar surface area (TPSA) is 148 Å². The monoisotopic (exact) mass is 418 g/mol. The van der Waals surface area contributed by atoms with Crippen LogP contribution in [0.3, 0.4) is 0 Å². The Labute approximate surface area is 173 Å². The molecule has 0 spiro atoms. The maximum atomic E-state index is 12.7. The lowest BCUT2D eigenvalue weighted by molar-refractivity contribution is -0.211. The Bertz CT molecular complexity index is 808. The van der Waals surface area contributed by atoms with Gasteiger partial charge in [-0.25, -0.2) is 4.79 Å². The molecule has 8 nitrogen and oxygen atoms in total. The van der Waals surface area contributed by atoms with E-state index in [0.29, 0.717) is 0 Å². The van der Waals surface area contributed by atoms with Crippen LogP contribution in [0.25, 0.3) is 6.08 Å². The number of ether oxygens (including phenoxy) is 1. The van der Waals surface area contributed by atoms with Gasteiger partial charge in [-0.15, -0.1) is 0 Å². The molecule has 2 aromatic rings. The molecule has 30 heavy (non-hydrogen) atoms. The van der Waals surface area contributed by atoms with Gasteiger partial charge in [-0.05, 0) is 17.2 Å². The first-order chi connectivity index (χ1) is 14.3. The van der Waals surface area contributed by atoms with Crippen LogP contribution in [0, 0.1) is 0 Å². The molecule has 2 rings (SSSR count). The van der Waals surface area contributed by atoms with Crippen molar-refractivity contribution in [2.24, 2.45) is 0 Å². The minimum absolute atomic E-state index is 0.184. The lowest BCUT2D eigenvalue weighted by atomic mass is 10.0. The molecule has 0 saturated heterocycles. The Morgan fingerprint density at radius 3 is 1.97 bits per heavy atom. The van der Waals surface area contributed by atoms with E-state index >= 15 is 0 Å². The number of aliphatic hydroxyl groups excluding tert-OH is 6. The van der Waals surface area contributed by atoms with E-state index < -0.39 is 43.3 Å². The summed E-state index contributed by atoms with van der Waals surface area (Å²) in [5, 5.41) is 57.6. The second kappa shape index (κ2) is 11.6. The summed E-state index contributed by atoms with van der Waals surface area (Å²) in [6, 6.07) is 18.0. The summed E-state index contributed by atoms with van der Waals surface area (Å²) in [4.78, 5) is 12.7. The Kier molecular flexibility index (Phi) is 9.13. The number of hydrogen-bond donors (Lipinski definition) is 6. The highest BCUT2D eigenvalue weighted by Crippen LogP contribution is 2.17. The van der Waals surface area contributed by atoms with Crippen LogP contribution >= 0.6 is 0 Å². The van der Waals surface area contributed by atoms with Crippen molar-refractivity contribution in [1.29, 1.82) is 0 Å². The molecule has 0 amide bonds. The van der Waals surface area contributed by atoms with Crippen LogP contribution in [0.5, 0.6) is 0 Å². The fourth-order valence-electron chi connectivity index (χ4n) is 2.71. The van der Waals surface area contributed by atoms with Gasteiger partial charge in [0.25, 0.3) is 0 Å². The predicted molar refractivity (Wildman–Crippen MR) is 108 cm³/mol. The average Bonchev–Trinajstić information content (AvgIpc) is 2.77. The summed E-state index contributed by atoms with van der Waals surface area (Å²) in [7, 11) is 0. The van der Waals surface area contributed by atoms with Crippen molar-refractivity contribution >= 4 is 12.0 Å². The van der Waals surface area contributed by atoms with Gasteiger partial charge >= 0.3 is 5.97 Å². The van der Waals surface area contributed by atoms with Gasteiger partial charge in [0.05, 0.1) is 6.61 Å². The highest BCUT2D eigenvalue weighted by molar-refractivity contribution is 5.94. The van der Waals surface area contributed by atoms with Crippen molar-refractivity contribution in [1.82, 2.24) is 0 Å². The molecule has 0 saturated carbocycles. The van der Waals surface area contributed by atoms with E-state index in [1.54, 1.807) is 30.3 Å². The SMILES string of the molecule is O=C(OC(O)[C@H](O)[C@@H](O)[C@H](O)[C@H](O)CO)C(=Cc1ccccc1)Cc1ccccc1. The fraction of sp³-hybridized carbons (Fsp3) is 0.318. The zero-order chi connectivity index (χ0) is 22.1. The molecule has 0 aliphatic rings. The van der Waals surface area contributed by atoms with Gasteiger partial charge in [-0.3, -0.25) is 0 Å². The Balaban J connectivity index is 2.16. The Morgan fingerprint density at radius 2 is 1.40 bits per heavy atom. The lowest BCUT2D eigenvalue weighted by Gasteiger charge is -2.28. The standard InChI is InChI=1S/C22H26O8/c23-13-17(24)18(25)19(26)20(27)22(29)30-21(28)16(11-14-7-3-1-4-8-14)12-15-9-5-2-6-10-15/h1-11,17-20,22-27,29H,12-13H2/t17-,18-,19+,20-,22?/m1/s1. The van der Waals surface area contributed by atoms with Crippen LogP contribution in [0.4, 0.5) is 0 Å². The summed E-state index contributed by atoms with van der Waals surface area (Å²) in [5.74, 6) is -0.932. The van der Waals surface area contributed by atoms with Crippen molar-refractivity contribution < 1.29 is 40.2 Å². The van der Waals surface area contributed by atoms with Crippen LogP contribution in [-0.2, 0) is 16.0 Å². The highest BCUT2D eigenvalue weighted by atomic mass is 16.6. The van der Waals surface area contributed by atoms with Gasteiger partial charge in [-0.1, -0.05) is 60.7 Å². The summed E-state index contributed by atoms with van der Waals surface area (Å²) in [6.45, 7) is -0.873. The molecule has 5 atom stereocenters. The molecule has 0 heterocycles. The number of carbonyl (C=O) groups excluding carboxylic acids is 1. The molecule has 162 valence electrons. The number of hydrogen-bond acceptors (Lipinski definition) is 8. The zero-order valence-electron chi connectivity index (χ0n) is 16.2. The maximum Gasteiger partial charge on any atom is 0.336 e. The van der Waals surface area contributed by atoms with E-state index in [-0.39, 0.29) is 12.0 Å². The molecule has 0 bridgehead atoms. The fourth-order valence-corrected chi connectivity index (χ4v) is 2.71. The number of esters is 1. The first-order valence-electron chi connectivity index (χ1n) is 9.35. The second-order valence-corrected chi connectivity index (χ2v) is 6.76. The van der Waals surface area contributed by atoms with Gasteiger partial charge in [0, 0.05) is 12.0 Å². The third-order valence-corrected chi connectivity index (χ3v) is 4.44. The van der Waals surface area contributed by atoms with Gasteiger partial charge in [-0.2, -0.15) is 0 Å². The molecular formula is C22H26O8. The van der Waals surface area contributed by atoms with Crippen molar-refractivity contribution in [3.8, 4) is 0 Å². The van der Waals surface area contributed by atoms with Crippen molar-refractivity contribution in [2.75, 3.05) is 6.61 Å². The van der Waals surface area contributed by atoms with E-state index in [4.69, 9.17) is 9.84 Å². The Morgan fingerprint density at radius 1 is 0.833 bits per heavy atom. The van der Waals surface area contributed by atoms with Crippen LogP contribution in [-0.4, -0.2) is 73.9 Å². The molecule has 6 N–H and O–H groups in total. The van der Waals surface area contributed by atoms with E-state index in [9.17, 15) is 30.3 Å². The average molecular weight is 418 g/mol. The first-order valence-corrected chi connectivity index (χ1v) is 9.35. The predicted octanol–water partition coefficient (Wildman–Crippen LogP) is -0.390. The highest BCUT2D eigenvalue weighted by Gasteiger charge is 2.36. The quantitative estimate of drug-likeness (QED) is 0.174. The number of benzene rings is 2. The minimum Gasteiger partial charge on any atom is -0.430 e. The Hall–Kier alpha value is -2.59. The van der Waals surface area contributed by atoms with Crippen molar-refractivity contribution in [3.05, 3.63) is 77.4 Å². The minimum atomic E-state index is -2.18. The van der Waals surface area contributed by atoms with Crippen LogP contribution in [0.2, 0.25) is 0 Å². The molecule has 2 aromatic carbocycles. The largest absolute Gasteiger partial charge is 0.430 e. The summed E-state index contributed by atoms with van der Waals surface area (Å²) >= 11 is 0. The molecule has 0 radical (unpaired) electrons. The molecule has 0 aliphatic carbocycles. The van der Waals surface area contributed by atoms with Gasteiger partial charge in [0.15, 0.2) is 0 Å². The molecule has 0 fully saturated rings. The van der Waals surface area contributed by atoms with Crippen molar-refractivity contribution in [3.63, 3.8) is 0 Å². The zero-order valence-corrected chi connectivity index (χ0v) is 16.2. The molecule has 0 aromatic heterocycles. The summed E-state index contributed by atoms with van der Waals surface area (Å²) in [5.41, 5.74) is 1.72. The lowest BCUT2D eigenvalue weighted by Crippen LogP contribution is -2.51. The van der Waals surface area contributed by atoms with E-state index in [1.165, 1.54) is 0 Å². The first kappa shape index (κ1) is 23.7. The van der Waals surface area contributed by atoms with Crippen LogP contribution in [0.15, 0.2) is 66.2 Å². The van der Waals surface area contributed by atoms with Crippen LogP contribution in [0.1, 0.15) is 11.1 Å². The smallest absolute Gasteiger partial charge is 0.336 e. The summed E-state index contributed by atoms with van der Waals surface area (Å²) in [6.07, 6.45) is -8.29. The maximum absolute atomic E-state index is 12.7. The van der Waals surface area contributed by atoms with Gasteiger partial charge in [0.1, 0.15) is 24.4 Å². The second-order valence-electron chi connectivity index (χ2n) is 6.76. The normalized spacial score (nSPS) is 16.9. The third kappa shape index (κ3) is 6.74. The van der Waals surface area contributed by atoms with Crippen LogP contribution < -0.4 is 0 Å². The molecule has 1 unspecified atom stereocenters. The van der Waals surface area contributed by atoms with Crippen molar-refractivity contribution in [2.45, 2.75) is 37.1 Å². The van der Waals surface area contributed by atoms with E-state index in [2.05, 4.69) is 0 Å². The van der Waals surface area contributed by atoms with Gasteiger partial charge in [0.2, 0.25) is 6.29 Å². The number of rotatable bonds is 10. The molecule has 0 aliphatic heterocycles. The molecular weight excluding hydrogens is 392 g/mol. The third-order valence-electron chi connectivity index (χ3n) is 4.44. The van der Waals surface area contributed by atoms with Gasteiger partial charge < -0.3 is 35.4 Å². The number of aliphatic hydroxyl groups is 6. The van der Waals surface area contributed by atoms with E-state index in [0.717, 1.165) is 11.1 Å². The number of carbonyl (C=O) groups is 1. The summed E-state index contributed by atoms with van der Waals surface area (Å²) < 4.78 is 4.89.